The number of sulfonamides is 1. The van der Waals surface area contributed by atoms with Crippen LogP contribution in [0.2, 0.25) is 0 Å². The van der Waals surface area contributed by atoms with Crippen LogP contribution in [0.15, 0.2) is 29.2 Å². The highest BCUT2D eigenvalue weighted by molar-refractivity contribution is 7.89. The van der Waals surface area contributed by atoms with Gasteiger partial charge in [0.2, 0.25) is 10.0 Å². The molecule has 23 heavy (non-hydrogen) atoms. The lowest BCUT2D eigenvalue weighted by Gasteiger charge is -2.31. The van der Waals surface area contributed by atoms with Gasteiger partial charge in [-0.2, -0.15) is 4.31 Å². The predicted octanol–water partition coefficient (Wildman–Crippen LogP) is 1.01. The minimum absolute atomic E-state index is 0.203. The van der Waals surface area contributed by atoms with Gasteiger partial charge < -0.3 is 14.7 Å². The van der Waals surface area contributed by atoms with Crippen molar-refractivity contribution in [1.82, 2.24) is 4.31 Å². The summed E-state index contributed by atoms with van der Waals surface area (Å²) >= 11 is 0. The van der Waals surface area contributed by atoms with Gasteiger partial charge in [0.15, 0.2) is 0 Å². The molecule has 1 heterocycles. The molecule has 0 saturated carbocycles. The largest absolute Gasteiger partial charge is 0.480 e. The summed E-state index contributed by atoms with van der Waals surface area (Å²) in [5, 5.41) is 8.61. The molecule has 0 amide bonds. The molecule has 1 aliphatic heterocycles. The van der Waals surface area contributed by atoms with Gasteiger partial charge in [-0.25, -0.2) is 13.2 Å². The van der Waals surface area contributed by atoms with Crippen molar-refractivity contribution in [2.45, 2.75) is 23.8 Å². The number of carboxylic acids is 1. The number of aliphatic carboxylic acids is 1. The Morgan fingerprint density at radius 3 is 2.57 bits per heavy atom. The number of hydrogen-bond acceptors (Lipinski definition) is 5. The molecular formula is C15H22N2O5S. The first kappa shape index (κ1) is 17.7. The molecule has 1 N–H and O–H groups in total. The van der Waals surface area contributed by atoms with E-state index in [1.807, 2.05) is 25.1 Å². The topological polar surface area (TPSA) is 87.2 Å². The second kappa shape index (κ2) is 7.29. The number of piperidine rings is 1. The molecule has 0 radical (unpaired) electrons. The van der Waals surface area contributed by atoms with Crippen LogP contribution in [0.3, 0.4) is 0 Å². The summed E-state index contributed by atoms with van der Waals surface area (Å²) in [6.45, 7) is 0.319. The highest BCUT2D eigenvalue weighted by Crippen LogP contribution is 2.24. The molecule has 0 bridgehead atoms. The highest BCUT2D eigenvalue weighted by Gasteiger charge is 2.30. The van der Waals surface area contributed by atoms with Crippen LogP contribution in [-0.4, -0.2) is 63.7 Å². The van der Waals surface area contributed by atoms with E-state index in [1.165, 1.54) is 4.31 Å². The molecule has 0 unspecified atom stereocenters. The SMILES string of the molecule is CN(C)c1cccc(S(=O)(=O)N2CCC(OCC(=O)O)CC2)c1. The van der Waals surface area contributed by atoms with Gasteiger partial charge in [-0.05, 0) is 31.0 Å². The van der Waals surface area contributed by atoms with E-state index in [1.54, 1.807) is 18.2 Å². The highest BCUT2D eigenvalue weighted by atomic mass is 32.2. The maximum Gasteiger partial charge on any atom is 0.329 e. The standard InChI is InChI=1S/C15H22N2O5S/c1-16(2)12-4-3-5-14(10-12)23(20,21)17-8-6-13(7-9-17)22-11-15(18)19/h3-5,10,13H,6-9,11H2,1-2H3,(H,18,19). The number of benzene rings is 1. The normalized spacial score (nSPS) is 17.1. The first-order chi connectivity index (χ1) is 10.8. The average Bonchev–Trinajstić information content (AvgIpc) is 2.53. The van der Waals surface area contributed by atoms with Crippen molar-refractivity contribution in [2.75, 3.05) is 38.7 Å². The minimum Gasteiger partial charge on any atom is -0.480 e. The maximum atomic E-state index is 12.7. The molecule has 1 fully saturated rings. The van der Waals surface area contributed by atoms with Gasteiger partial charge in [0.1, 0.15) is 6.61 Å². The lowest BCUT2D eigenvalue weighted by Crippen LogP contribution is -2.41. The third-order valence-electron chi connectivity index (χ3n) is 3.82. The molecule has 1 aromatic rings. The first-order valence-corrected chi connectivity index (χ1v) is 8.85. The van der Waals surface area contributed by atoms with Gasteiger partial charge in [-0.1, -0.05) is 6.07 Å². The third kappa shape index (κ3) is 4.43. The predicted molar refractivity (Wildman–Crippen MR) is 86.1 cm³/mol. The Bertz CT molecular complexity index is 652. The fraction of sp³-hybridized carbons (Fsp3) is 0.533. The number of anilines is 1. The Kier molecular flexibility index (Phi) is 5.61. The van der Waals surface area contributed by atoms with E-state index >= 15 is 0 Å². The Hall–Kier alpha value is -1.64. The number of carboxylic acid groups (broad SMARTS) is 1. The van der Waals surface area contributed by atoms with Crippen LogP contribution in [0.25, 0.3) is 0 Å². The average molecular weight is 342 g/mol. The van der Waals surface area contributed by atoms with Crippen molar-refractivity contribution >= 4 is 21.7 Å². The van der Waals surface area contributed by atoms with Gasteiger partial charge in [-0.15, -0.1) is 0 Å². The van der Waals surface area contributed by atoms with Crippen molar-refractivity contribution in [3.8, 4) is 0 Å². The Balaban J connectivity index is 2.04. The number of carbonyl (C=O) groups is 1. The summed E-state index contributed by atoms with van der Waals surface area (Å²) in [5.41, 5.74) is 0.825. The van der Waals surface area contributed by atoms with Gasteiger partial charge in [0, 0.05) is 32.9 Å². The van der Waals surface area contributed by atoms with Crippen LogP contribution in [0.4, 0.5) is 5.69 Å². The van der Waals surface area contributed by atoms with Crippen LogP contribution in [0, 0.1) is 0 Å². The second-order valence-electron chi connectivity index (χ2n) is 5.70. The summed E-state index contributed by atoms with van der Waals surface area (Å²) in [7, 11) is 0.178. The molecule has 128 valence electrons. The molecule has 0 aliphatic carbocycles. The second-order valence-corrected chi connectivity index (χ2v) is 7.64. The van der Waals surface area contributed by atoms with Crippen molar-refractivity contribution < 1.29 is 23.1 Å². The molecule has 1 aliphatic rings. The summed E-state index contributed by atoms with van der Waals surface area (Å²) < 4.78 is 32.1. The summed E-state index contributed by atoms with van der Waals surface area (Å²) in [6, 6.07) is 6.83. The quantitative estimate of drug-likeness (QED) is 0.830. The van der Waals surface area contributed by atoms with Crippen LogP contribution in [-0.2, 0) is 19.6 Å². The Labute approximate surface area is 136 Å². The summed E-state index contributed by atoms with van der Waals surface area (Å²) in [4.78, 5) is 12.6. The molecule has 0 atom stereocenters. The maximum absolute atomic E-state index is 12.7. The molecule has 8 heteroatoms. The van der Waals surface area contributed by atoms with E-state index in [2.05, 4.69) is 0 Å². The first-order valence-electron chi connectivity index (χ1n) is 7.41. The zero-order chi connectivity index (χ0) is 17.0. The number of ether oxygens (including phenoxy) is 1. The van der Waals surface area contributed by atoms with Crippen LogP contribution < -0.4 is 4.90 Å². The Morgan fingerprint density at radius 2 is 2.00 bits per heavy atom. The van der Waals surface area contributed by atoms with E-state index in [9.17, 15) is 13.2 Å². The van der Waals surface area contributed by atoms with Gasteiger partial charge >= 0.3 is 5.97 Å². The van der Waals surface area contributed by atoms with Crippen molar-refractivity contribution in [3.05, 3.63) is 24.3 Å². The number of rotatable bonds is 6. The molecular weight excluding hydrogens is 320 g/mol. The van der Waals surface area contributed by atoms with E-state index < -0.39 is 16.0 Å². The molecule has 2 rings (SSSR count). The lowest BCUT2D eigenvalue weighted by molar-refractivity contribution is -0.145. The number of nitrogens with zero attached hydrogens (tertiary/aromatic N) is 2. The third-order valence-corrected chi connectivity index (χ3v) is 5.71. The van der Waals surface area contributed by atoms with Gasteiger partial charge in [-0.3, -0.25) is 0 Å². The van der Waals surface area contributed by atoms with Gasteiger partial charge in [0.05, 0.1) is 11.0 Å². The fourth-order valence-corrected chi connectivity index (χ4v) is 4.01. The van der Waals surface area contributed by atoms with Crippen LogP contribution in [0.1, 0.15) is 12.8 Å². The fourth-order valence-electron chi connectivity index (χ4n) is 2.50. The van der Waals surface area contributed by atoms with E-state index in [0.717, 1.165) is 5.69 Å². The van der Waals surface area contributed by atoms with Crippen LogP contribution >= 0.6 is 0 Å². The Morgan fingerprint density at radius 1 is 1.35 bits per heavy atom. The summed E-state index contributed by atoms with van der Waals surface area (Å²) in [5.74, 6) is -1.01. The molecule has 1 saturated heterocycles. The van der Waals surface area contributed by atoms with Crippen molar-refractivity contribution in [1.29, 1.82) is 0 Å². The smallest absolute Gasteiger partial charge is 0.329 e. The zero-order valence-corrected chi connectivity index (χ0v) is 14.1. The van der Waals surface area contributed by atoms with E-state index in [0.29, 0.717) is 25.9 Å². The van der Waals surface area contributed by atoms with Crippen LogP contribution in [0.5, 0.6) is 0 Å². The molecule has 0 aromatic heterocycles. The van der Waals surface area contributed by atoms with Gasteiger partial charge in [0.25, 0.3) is 0 Å². The van der Waals surface area contributed by atoms with Crippen molar-refractivity contribution in [2.24, 2.45) is 0 Å². The van der Waals surface area contributed by atoms with Crippen molar-refractivity contribution in [3.63, 3.8) is 0 Å². The minimum atomic E-state index is -3.54. The monoisotopic (exact) mass is 342 g/mol. The molecule has 1 aromatic carbocycles. The molecule has 0 spiro atoms. The van der Waals surface area contributed by atoms with E-state index in [-0.39, 0.29) is 17.6 Å². The summed E-state index contributed by atoms with van der Waals surface area (Å²) in [6.07, 6.45) is 0.797. The molecule has 7 nitrogen and oxygen atoms in total. The number of hydrogen-bond donors (Lipinski definition) is 1. The van der Waals surface area contributed by atoms with E-state index in [4.69, 9.17) is 9.84 Å². The lowest BCUT2D eigenvalue weighted by atomic mass is 10.1. The zero-order valence-electron chi connectivity index (χ0n) is 13.3.